The third-order valence-corrected chi connectivity index (χ3v) is 3.18. The Morgan fingerprint density at radius 1 is 0.800 bits per heavy atom. The highest BCUT2D eigenvalue weighted by Gasteiger charge is 2.19. The van der Waals surface area contributed by atoms with Crippen LogP contribution in [-0.4, -0.2) is 23.0 Å². The smallest absolute Gasteiger partial charge is 0.00723 e. The minimum Gasteiger partial charge on any atom is -0.296 e. The topological polar surface area (TPSA) is 3.24 Å². The summed E-state index contributed by atoms with van der Waals surface area (Å²) in [6.45, 7) is 13.9. The van der Waals surface area contributed by atoms with Gasteiger partial charge in [0.05, 0.1) is 0 Å². The minimum atomic E-state index is 0.672. The van der Waals surface area contributed by atoms with Crippen LogP contribution in [0.3, 0.4) is 0 Å². The van der Waals surface area contributed by atoms with Crippen LogP contribution >= 0.6 is 0 Å². The number of nitrogens with zero attached hydrogens (tertiary/aromatic N) is 1. The van der Waals surface area contributed by atoms with E-state index in [1.807, 2.05) is 0 Å². The molecular formula is C14H31N. The van der Waals surface area contributed by atoms with Gasteiger partial charge in [-0.2, -0.15) is 0 Å². The van der Waals surface area contributed by atoms with E-state index in [9.17, 15) is 0 Å². The van der Waals surface area contributed by atoms with Crippen LogP contribution in [0.25, 0.3) is 0 Å². The van der Waals surface area contributed by atoms with Crippen molar-refractivity contribution in [3.8, 4) is 0 Å². The first-order chi connectivity index (χ1) is 7.00. The van der Waals surface area contributed by atoms with Crippen LogP contribution in [0.1, 0.15) is 73.6 Å². The molecule has 0 aromatic heterocycles. The van der Waals surface area contributed by atoms with Crippen molar-refractivity contribution in [1.29, 1.82) is 0 Å². The van der Waals surface area contributed by atoms with E-state index in [-0.39, 0.29) is 0 Å². The molecule has 0 fully saturated rings. The fraction of sp³-hybridized carbons (Fsp3) is 1.00. The van der Waals surface area contributed by atoms with Gasteiger partial charge in [0.15, 0.2) is 0 Å². The SMILES string of the molecule is CCCCCCC(C)N(C(C)C)C(C)C. The number of hydrogen-bond acceptors (Lipinski definition) is 1. The molecule has 0 aromatic carbocycles. The van der Waals surface area contributed by atoms with Crippen LogP contribution in [-0.2, 0) is 0 Å². The average Bonchev–Trinajstić information content (AvgIpc) is 2.11. The minimum absolute atomic E-state index is 0.672. The van der Waals surface area contributed by atoms with Gasteiger partial charge in [-0.3, -0.25) is 4.90 Å². The predicted molar refractivity (Wildman–Crippen MR) is 70.3 cm³/mol. The summed E-state index contributed by atoms with van der Waals surface area (Å²) in [7, 11) is 0. The summed E-state index contributed by atoms with van der Waals surface area (Å²) in [4.78, 5) is 2.63. The van der Waals surface area contributed by atoms with E-state index < -0.39 is 0 Å². The van der Waals surface area contributed by atoms with Gasteiger partial charge < -0.3 is 0 Å². The molecule has 0 saturated heterocycles. The number of unbranched alkanes of at least 4 members (excludes halogenated alkanes) is 3. The van der Waals surface area contributed by atoms with Crippen molar-refractivity contribution < 1.29 is 0 Å². The molecule has 0 spiro atoms. The Morgan fingerprint density at radius 2 is 1.33 bits per heavy atom. The molecule has 1 nitrogen and oxygen atoms in total. The van der Waals surface area contributed by atoms with Gasteiger partial charge in [-0.05, 0) is 41.0 Å². The Bertz CT molecular complexity index is 132. The molecule has 0 heterocycles. The lowest BCUT2D eigenvalue weighted by Gasteiger charge is -2.36. The Balaban J connectivity index is 3.87. The summed E-state index contributed by atoms with van der Waals surface area (Å²) in [5, 5.41) is 0. The number of rotatable bonds is 8. The zero-order valence-electron chi connectivity index (χ0n) is 11.7. The van der Waals surface area contributed by atoms with Crippen molar-refractivity contribution in [2.75, 3.05) is 0 Å². The average molecular weight is 213 g/mol. The fourth-order valence-electron chi connectivity index (χ4n) is 2.63. The van der Waals surface area contributed by atoms with Crippen LogP contribution < -0.4 is 0 Å². The van der Waals surface area contributed by atoms with Gasteiger partial charge >= 0.3 is 0 Å². The van der Waals surface area contributed by atoms with E-state index in [1.165, 1.54) is 32.1 Å². The molecular weight excluding hydrogens is 182 g/mol. The van der Waals surface area contributed by atoms with E-state index in [0.717, 1.165) is 6.04 Å². The molecule has 0 aliphatic heterocycles. The summed E-state index contributed by atoms with van der Waals surface area (Å²) in [5.74, 6) is 0. The second kappa shape index (κ2) is 8.15. The lowest BCUT2D eigenvalue weighted by molar-refractivity contribution is 0.115. The molecule has 0 aliphatic rings. The van der Waals surface area contributed by atoms with Crippen LogP contribution in [0.4, 0.5) is 0 Å². The highest BCUT2D eigenvalue weighted by molar-refractivity contribution is 4.74. The van der Waals surface area contributed by atoms with Crippen LogP contribution in [0, 0.1) is 0 Å². The van der Waals surface area contributed by atoms with E-state index in [4.69, 9.17) is 0 Å². The van der Waals surface area contributed by atoms with Crippen LogP contribution in [0.15, 0.2) is 0 Å². The van der Waals surface area contributed by atoms with Crippen molar-refractivity contribution in [3.05, 3.63) is 0 Å². The Kier molecular flexibility index (Phi) is 8.13. The standard InChI is InChI=1S/C14H31N/c1-7-8-9-10-11-14(6)15(12(2)3)13(4)5/h12-14H,7-11H2,1-6H3. The molecule has 0 rings (SSSR count). The highest BCUT2D eigenvalue weighted by Crippen LogP contribution is 2.16. The third-order valence-electron chi connectivity index (χ3n) is 3.18. The first-order valence-corrected chi connectivity index (χ1v) is 6.78. The van der Waals surface area contributed by atoms with E-state index in [0.29, 0.717) is 12.1 Å². The van der Waals surface area contributed by atoms with Crippen molar-refractivity contribution in [2.24, 2.45) is 0 Å². The second-order valence-electron chi connectivity index (χ2n) is 5.33. The van der Waals surface area contributed by atoms with Crippen molar-refractivity contribution in [3.63, 3.8) is 0 Å². The van der Waals surface area contributed by atoms with E-state index in [1.54, 1.807) is 0 Å². The molecule has 1 heteroatoms. The molecule has 15 heavy (non-hydrogen) atoms. The van der Waals surface area contributed by atoms with Crippen molar-refractivity contribution in [2.45, 2.75) is 91.8 Å². The monoisotopic (exact) mass is 213 g/mol. The molecule has 0 bridgehead atoms. The normalized spacial score (nSPS) is 14.2. The Labute approximate surface area is 97.2 Å². The Morgan fingerprint density at radius 3 is 1.73 bits per heavy atom. The first-order valence-electron chi connectivity index (χ1n) is 6.78. The molecule has 0 aliphatic carbocycles. The zero-order valence-corrected chi connectivity index (χ0v) is 11.7. The molecule has 0 N–H and O–H groups in total. The predicted octanol–water partition coefficient (Wildman–Crippen LogP) is 4.46. The fourth-order valence-corrected chi connectivity index (χ4v) is 2.63. The van der Waals surface area contributed by atoms with E-state index >= 15 is 0 Å². The maximum absolute atomic E-state index is 2.63. The summed E-state index contributed by atoms with van der Waals surface area (Å²) in [6, 6.07) is 2.08. The van der Waals surface area contributed by atoms with Crippen molar-refractivity contribution in [1.82, 2.24) is 4.90 Å². The summed E-state index contributed by atoms with van der Waals surface area (Å²) >= 11 is 0. The first kappa shape index (κ1) is 15.0. The van der Waals surface area contributed by atoms with Crippen LogP contribution in [0.2, 0.25) is 0 Å². The molecule has 92 valence electrons. The molecule has 1 unspecified atom stereocenters. The molecule has 1 atom stereocenters. The van der Waals surface area contributed by atoms with Crippen molar-refractivity contribution >= 4 is 0 Å². The maximum atomic E-state index is 2.63. The molecule has 0 amide bonds. The third kappa shape index (κ3) is 6.19. The van der Waals surface area contributed by atoms with Gasteiger partial charge in [0.2, 0.25) is 0 Å². The van der Waals surface area contributed by atoms with Gasteiger partial charge in [0.25, 0.3) is 0 Å². The molecule has 0 aromatic rings. The Hall–Kier alpha value is -0.0400. The maximum Gasteiger partial charge on any atom is 0.00723 e. The van der Waals surface area contributed by atoms with Gasteiger partial charge in [-0.15, -0.1) is 0 Å². The van der Waals surface area contributed by atoms with Gasteiger partial charge in [-0.1, -0.05) is 32.6 Å². The lowest BCUT2D eigenvalue weighted by Crippen LogP contribution is -2.43. The van der Waals surface area contributed by atoms with Crippen LogP contribution in [0.5, 0.6) is 0 Å². The largest absolute Gasteiger partial charge is 0.296 e. The lowest BCUT2D eigenvalue weighted by atomic mass is 10.0. The summed E-state index contributed by atoms with van der Waals surface area (Å²) in [6.07, 6.45) is 6.90. The second-order valence-corrected chi connectivity index (χ2v) is 5.33. The quantitative estimate of drug-likeness (QED) is 0.538. The zero-order chi connectivity index (χ0) is 11.8. The van der Waals surface area contributed by atoms with Gasteiger partial charge in [-0.25, -0.2) is 0 Å². The molecule has 0 radical (unpaired) electrons. The number of hydrogen-bond donors (Lipinski definition) is 0. The van der Waals surface area contributed by atoms with Gasteiger partial charge in [0.1, 0.15) is 0 Å². The molecule has 0 saturated carbocycles. The van der Waals surface area contributed by atoms with Gasteiger partial charge in [0, 0.05) is 18.1 Å². The summed E-state index contributed by atoms with van der Waals surface area (Å²) < 4.78 is 0. The summed E-state index contributed by atoms with van der Waals surface area (Å²) in [5.41, 5.74) is 0. The highest BCUT2D eigenvalue weighted by atomic mass is 15.2. The van der Waals surface area contributed by atoms with E-state index in [2.05, 4.69) is 46.4 Å².